The lowest BCUT2D eigenvalue weighted by Gasteiger charge is -2.25. The van der Waals surface area contributed by atoms with Crippen molar-refractivity contribution in [1.82, 2.24) is 25.9 Å². The first-order chi connectivity index (χ1) is 17.4. The van der Waals surface area contributed by atoms with E-state index in [-0.39, 0.29) is 32.1 Å². The number of aromatic amines is 1. The van der Waals surface area contributed by atoms with Gasteiger partial charge in [-0.3, -0.25) is 24.0 Å². The number of aromatic nitrogens is 2. The molecule has 4 amide bonds. The predicted octanol–water partition coefficient (Wildman–Crippen LogP) is -2.30. The third-order valence-corrected chi connectivity index (χ3v) is 5.80. The predicted molar refractivity (Wildman–Crippen MR) is 132 cm³/mol. The summed E-state index contributed by atoms with van der Waals surface area (Å²) in [5, 5.41) is 25.5. The number of nitrogens with one attached hydrogen (secondary N) is 4. The Balaban J connectivity index is 3.02. The van der Waals surface area contributed by atoms with E-state index in [9.17, 15) is 33.9 Å². The number of rotatable bonds is 18. The third-order valence-electron chi connectivity index (χ3n) is 5.16. The van der Waals surface area contributed by atoms with Gasteiger partial charge in [0.25, 0.3) is 0 Å². The normalized spacial score (nSPS) is 14.0. The number of thioether (sulfide) groups is 1. The highest BCUT2D eigenvalue weighted by molar-refractivity contribution is 7.98. The first-order valence-electron chi connectivity index (χ1n) is 11.3. The van der Waals surface area contributed by atoms with Crippen molar-refractivity contribution in [1.29, 1.82) is 0 Å². The van der Waals surface area contributed by atoms with Crippen molar-refractivity contribution in [2.45, 2.75) is 62.7 Å². The van der Waals surface area contributed by atoms with Gasteiger partial charge in [-0.2, -0.15) is 11.8 Å². The van der Waals surface area contributed by atoms with E-state index in [1.807, 2.05) is 0 Å². The second-order valence-electron chi connectivity index (χ2n) is 8.13. The van der Waals surface area contributed by atoms with Crippen LogP contribution < -0.4 is 27.4 Å². The minimum atomic E-state index is -1.50. The Bertz CT molecular complexity index is 943. The van der Waals surface area contributed by atoms with Gasteiger partial charge < -0.3 is 42.6 Å². The van der Waals surface area contributed by atoms with Gasteiger partial charge in [0.05, 0.1) is 12.4 Å². The molecule has 1 aromatic heterocycles. The van der Waals surface area contributed by atoms with E-state index in [0.29, 0.717) is 11.4 Å². The molecule has 4 unspecified atom stereocenters. The first-order valence-corrected chi connectivity index (χ1v) is 12.7. The first kappa shape index (κ1) is 31.4. The molecular formula is C21H33N7O8S. The number of hydrogen-bond donors (Lipinski definition) is 8. The monoisotopic (exact) mass is 543 g/mol. The van der Waals surface area contributed by atoms with Gasteiger partial charge in [0.1, 0.15) is 18.1 Å². The molecule has 0 aliphatic heterocycles. The molecule has 0 aromatic carbocycles. The smallest absolute Gasteiger partial charge is 0.326 e. The molecule has 1 heterocycles. The molecule has 0 aliphatic rings. The Labute approximate surface area is 216 Å². The van der Waals surface area contributed by atoms with Crippen molar-refractivity contribution < 1.29 is 39.0 Å². The van der Waals surface area contributed by atoms with Crippen molar-refractivity contribution in [2.24, 2.45) is 11.5 Å². The number of aliphatic carboxylic acids is 2. The Morgan fingerprint density at radius 1 is 0.946 bits per heavy atom. The molecule has 0 bridgehead atoms. The van der Waals surface area contributed by atoms with Crippen LogP contribution in [0.2, 0.25) is 0 Å². The molecule has 0 spiro atoms. The number of amides is 4. The topological polar surface area (TPSA) is 260 Å². The largest absolute Gasteiger partial charge is 0.481 e. The van der Waals surface area contributed by atoms with Crippen LogP contribution in [-0.2, 0) is 35.2 Å². The summed E-state index contributed by atoms with van der Waals surface area (Å²) in [4.78, 5) is 78.5. The zero-order chi connectivity index (χ0) is 28.0. The minimum Gasteiger partial charge on any atom is -0.481 e. The second-order valence-corrected chi connectivity index (χ2v) is 9.11. The Kier molecular flexibility index (Phi) is 13.7. The summed E-state index contributed by atoms with van der Waals surface area (Å²) < 4.78 is 0. The standard InChI is InChI=1S/C21H33N7O8S/c1-37-7-6-13(26-18(32)12(22)2-4-16(23)29)19(33)28-15(8-11-9-24-10-25-11)20(34)27-14(21(35)36)3-5-17(30)31/h9-10,12-15H,2-8,22H2,1H3,(H2,23,29)(H,24,25)(H,26,32)(H,27,34)(H,28,33)(H,30,31)(H,35,36). The van der Waals surface area contributed by atoms with Crippen LogP contribution in [0, 0.1) is 0 Å². The van der Waals surface area contributed by atoms with Crippen molar-refractivity contribution in [2.75, 3.05) is 12.0 Å². The zero-order valence-corrected chi connectivity index (χ0v) is 21.1. The molecule has 1 rings (SSSR count). The average Bonchev–Trinajstić information content (AvgIpc) is 3.34. The Morgan fingerprint density at radius 3 is 2.11 bits per heavy atom. The number of carbonyl (C=O) groups excluding carboxylic acids is 4. The number of nitrogens with two attached hydrogens (primary N) is 2. The SMILES string of the molecule is CSCCC(NC(=O)C(N)CCC(N)=O)C(=O)NC(Cc1cnc[nH]1)C(=O)NC(CCC(=O)O)C(=O)O. The highest BCUT2D eigenvalue weighted by Crippen LogP contribution is 2.07. The molecule has 4 atom stereocenters. The summed E-state index contributed by atoms with van der Waals surface area (Å²) in [5.41, 5.74) is 11.3. The van der Waals surface area contributed by atoms with Gasteiger partial charge in [-0.25, -0.2) is 9.78 Å². The number of nitrogens with zero attached hydrogens (tertiary/aromatic N) is 1. The van der Waals surface area contributed by atoms with Crippen molar-refractivity contribution in [3.05, 3.63) is 18.2 Å². The number of carbonyl (C=O) groups is 6. The van der Waals surface area contributed by atoms with Crippen molar-refractivity contribution >= 4 is 47.3 Å². The maximum Gasteiger partial charge on any atom is 0.326 e. The van der Waals surface area contributed by atoms with Crippen molar-refractivity contribution in [3.8, 4) is 0 Å². The lowest BCUT2D eigenvalue weighted by atomic mass is 10.1. The number of hydrogen-bond acceptors (Lipinski definition) is 9. The molecule has 1 aromatic rings. The summed E-state index contributed by atoms with van der Waals surface area (Å²) in [5.74, 6) is -5.09. The highest BCUT2D eigenvalue weighted by atomic mass is 32.2. The number of carboxylic acid groups (broad SMARTS) is 2. The molecule has 206 valence electrons. The van der Waals surface area contributed by atoms with E-state index in [2.05, 4.69) is 25.9 Å². The van der Waals surface area contributed by atoms with Crippen LogP contribution in [0.4, 0.5) is 0 Å². The summed E-state index contributed by atoms with van der Waals surface area (Å²) in [7, 11) is 0. The molecule has 16 heteroatoms. The van der Waals surface area contributed by atoms with E-state index in [1.54, 1.807) is 6.26 Å². The van der Waals surface area contributed by atoms with Gasteiger partial charge in [-0.05, 0) is 31.3 Å². The zero-order valence-electron chi connectivity index (χ0n) is 20.3. The second kappa shape index (κ2) is 16.2. The number of imidazole rings is 1. The molecule has 15 nitrogen and oxygen atoms in total. The van der Waals surface area contributed by atoms with Crippen LogP contribution in [0.1, 0.15) is 37.8 Å². The Hall–Kier alpha value is -3.66. The van der Waals surface area contributed by atoms with Gasteiger partial charge in [-0.1, -0.05) is 0 Å². The summed E-state index contributed by atoms with van der Waals surface area (Å²) in [6, 6.07) is -4.96. The number of H-pyrrole nitrogens is 1. The lowest BCUT2D eigenvalue weighted by molar-refractivity contribution is -0.143. The van der Waals surface area contributed by atoms with Crippen LogP contribution in [0.3, 0.4) is 0 Å². The molecule has 10 N–H and O–H groups in total. The van der Waals surface area contributed by atoms with E-state index >= 15 is 0 Å². The van der Waals surface area contributed by atoms with Gasteiger partial charge in [0, 0.05) is 31.2 Å². The van der Waals surface area contributed by atoms with Crippen LogP contribution in [0.25, 0.3) is 0 Å². The van der Waals surface area contributed by atoms with Gasteiger partial charge >= 0.3 is 11.9 Å². The van der Waals surface area contributed by atoms with E-state index in [0.717, 1.165) is 0 Å². The third kappa shape index (κ3) is 12.2. The lowest BCUT2D eigenvalue weighted by Crippen LogP contribution is -2.57. The Morgan fingerprint density at radius 2 is 1.57 bits per heavy atom. The van der Waals surface area contributed by atoms with Crippen LogP contribution in [0.15, 0.2) is 12.5 Å². The molecule has 0 saturated heterocycles. The summed E-state index contributed by atoms with van der Waals surface area (Å²) in [6.45, 7) is 0. The minimum absolute atomic E-state index is 0.0180. The fourth-order valence-electron chi connectivity index (χ4n) is 3.11. The summed E-state index contributed by atoms with van der Waals surface area (Å²) >= 11 is 1.42. The van der Waals surface area contributed by atoms with Crippen molar-refractivity contribution in [3.63, 3.8) is 0 Å². The molecule has 37 heavy (non-hydrogen) atoms. The number of carboxylic acids is 2. The fraction of sp³-hybridized carbons (Fsp3) is 0.571. The molecule has 0 radical (unpaired) electrons. The highest BCUT2D eigenvalue weighted by Gasteiger charge is 2.31. The summed E-state index contributed by atoms with van der Waals surface area (Å²) in [6.07, 6.45) is 3.67. The molecular weight excluding hydrogens is 510 g/mol. The molecule has 0 saturated carbocycles. The van der Waals surface area contributed by atoms with Gasteiger partial charge in [0.2, 0.25) is 23.6 Å². The van der Waals surface area contributed by atoms with Crippen LogP contribution in [-0.4, -0.2) is 91.9 Å². The number of primary amides is 1. The van der Waals surface area contributed by atoms with Crippen LogP contribution >= 0.6 is 11.8 Å². The fourth-order valence-corrected chi connectivity index (χ4v) is 3.58. The van der Waals surface area contributed by atoms with E-state index in [4.69, 9.17) is 16.6 Å². The molecule has 0 aliphatic carbocycles. The van der Waals surface area contributed by atoms with Gasteiger partial charge in [0.15, 0.2) is 0 Å². The van der Waals surface area contributed by atoms with Gasteiger partial charge in [-0.15, -0.1) is 0 Å². The quantitative estimate of drug-likeness (QED) is 0.0976. The maximum absolute atomic E-state index is 13.1. The average molecular weight is 544 g/mol. The van der Waals surface area contributed by atoms with Crippen LogP contribution in [0.5, 0.6) is 0 Å². The van der Waals surface area contributed by atoms with E-state index in [1.165, 1.54) is 24.3 Å². The van der Waals surface area contributed by atoms with E-state index < -0.39 is 66.2 Å². The maximum atomic E-state index is 13.1. The molecule has 0 fully saturated rings.